The highest BCUT2D eigenvalue weighted by Crippen LogP contribution is 2.28. The van der Waals surface area contributed by atoms with E-state index < -0.39 is 20.0 Å². The zero-order valence-corrected chi connectivity index (χ0v) is 15.4. The highest BCUT2D eigenvalue weighted by Gasteiger charge is 2.28. The fourth-order valence-electron chi connectivity index (χ4n) is 1.56. The van der Waals surface area contributed by atoms with Crippen LogP contribution in [0.15, 0.2) is 33.5 Å². The molecule has 1 heterocycles. The number of benzene rings is 1. The number of rotatable bonds is 5. The molecule has 2 rings (SSSR count). The van der Waals surface area contributed by atoms with Gasteiger partial charge in [-0.1, -0.05) is 29.0 Å². The van der Waals surface area contributed by atoms with Crippen LogP contribution in [0, 0.1) is 6.92 Å². The number of nitrogens with zero attached hydrogens (tertiary/aromatic N) is 4. The zero-order chi connectivity index (χ0) is 17.4. The molecule has 1 aromatic heterocycles. The van der Waals surface area contributed by atoms with E-state index in [9.17, 15) is 16.8 Å². The molecular weight excluding hydrogens is 360 g/mol. The fraction of sp³-hybridized carbons (Fsp3) is 0.333. The molecule has 0 N–H and O–H groups in total. The summed E-state index contributed by atoms with van der Waals surface area (Å²) in [5, 5.41) is 7.25. The average molecular weight is 376 g/mol. The second-order valence-electron chi connectivity index (χ2n) is 4.92. The SMILES string of the molecule is Cc1ccc(S(=O)(=O)N(C)c2nnc(S(=O)(=O)N(C)C)s2)cc1. The molecule has 0 radical (unpaired) electrons. The van der Waals surface area contributed by atoms with E-state index in [0.717, 1.165) is 14.2 Å². The highest BCUT2D eigenvalue weighted by molar-refractivity contribution is 7.93. The molecule has 8 nitrogen and oxygen atoms in total. The van der Waals surface area contributed by atoms with E-state index in [1.54, 1.807) is 12.1 Å². The van der Waals surface area contributed by atoms with Gasteiger partial charge in [0.05, 0.1) is 4.90 Å². The van der Waals surface area contributed by atoms with Crippen LogP contribution in [0.1, 0.15) is 5.56 Å². The van der Waals surface area contributed by atoms with E-state index in [-0.39, 0.29) is 14.4 Å². The summed E-state index contributed by atoms with van der Waals surface area (Å²) in [5.74, 6) is 0. The predicted molar refractivity (Wildman–Crippen MR) is 87.5 cm³/mol. The van der Waals surface area contributed by atoms with Crippen molar-refractivity contribution in [1.82, 2.24) is 14.5 Å². The maximum absolute atomic E-state index is 12.5. The normalized spacial score (nSPS) is 12.6. The number of sulfonamides is 2. The van der Waals surface area contributed by atoms with Crippen LogP contribution in [-0.4, -0.2) is 52.5 Å². The third-order valence-corrected chi connectivity index (χ3v) is 8.08. The summed E-state index contributed by atoms with van der Waals surface area (Å²) in [6.45, 7) is 1.85. The minimum Gasteiger partial charge on any atom is -0.243 e. The molecule has 2 aromatic rings. The number of hydrogen-bond acceptors (Lipinski definition) is 7. The summed E-state index contributed by atoms with van der Waals surface area (Å²) in [6, 6.07) is 6.34. The lowest BCUT2D eigenvalue weighted by Gasteiger charge is -2.15. The van der Waals surface area contributed by atoms with Crippen molar-refractivity contribution in [3.63, 3.8) is 0 Å². The van der Waals surface area contributed by atoms with Gasteiger partial charge in [0.25, 0.3) is 20.0 Å². The van der Waals surface area contributed by atoms with Crippen molar-refractivity contribution in [1.29, 1.82) is 0 Å². The van der Waals surface area contributed by atoms with Crippen molar-refractivity contribution in [3.8, 4) is 0 Å². The summed E-state index contributed by atoms with van der Waals surface area (Å²) in [6.07, 6.45) is 0. The summed E-state index contributed by atoms with van der Waals surface area (Å²) >= 11 is 0.696. The van der Waals surface area contributed by atoms with Gasteiger partial charge in [-0.3, -0.25) is 0 Å². The average Bonchev–Trinajstić information content (AvgIpc) is 2.97. The minimum atomic E-state index is -3.83. The van der Waals surface area contributed by atoms with Gasteiger partial charge in [-0.15, -0.1) is 10.2 Å². The van der Waals surface area contributed by atoms with Gasteiger partial charge in [-0.25, -0.2) is 25.4 Å². The summed E-state index contributed by atoms with van der Waals surface area (Å²) in [4.78, 5) is 0.0952. The lowest BCUT2D eigenvalue weighted by molar-refractivity contribution is 0.519. The molecule has 11 heteroatoms. The lowest BCUT2D eigenvalue weighted by Crippen LogP contribution is -2.26. The predicted octanol–water partition coefficient (Wildman–Crippen LogP) is 0.922. The highest BCUT2D eigenvalue weighted by atomic mass is 32.2. The molecular formula is C12H16N4O4S3. The van der Waals surface area contributed by atoms with Gasteiger partial charge in [0.2, 0.25) is 9.47 Å². The van der Waals surface area contributed by atoms with Crippen molar-refractivity contribution in [2.75, 3.05) is 25.4 Å². The lowest BCUT2D eigenvalue weighted by atomic mass is 10.2. The zero-order valence-electron chi connectivity index (χ0n) is 13.0. The van der Waals surface area contributed by atoms with Gasteiger partial charge >= 0.3 is 0 Å². The number of aromatic nitrogens is 2. The summed E-state index contributed by atoms with van der Waals surface area (Å²) < 4.78 is 50.7. The van der Waals surface area contributed by atoms with Crippen LogP contribution in [0.2, 0.25) is 0 Å². The Morgan fingerprint density at radius 1 is 0.913 bits per heavy atom. The van der Waals surface area contributed by atoms with E-state index in [2.05, 4.69) is 10.2 Å². The van der Waals surface area contributed by atoms with Crippen LogP contribution in [-0.2, 0) is 20.0 Å². The third kappa shape index (κ3) is 3.37. The molecule has 0 fully saturated rings. The Labute approximate surface area is 139 Å². The third-order valence-electron chi connectivity index (χ3n) is 3.05. The van der Waals surface area contributed by atoms with Crippen LogP contribution in [0.4, 0.5) is 5.13 Å². The fourth-order valence-corrected chi connectivity index (χ4v) is 5.00. The largest absolute Gasteiger partial charge is 0.271 e. The Bertz CT molecular complexity index is 902. The van der Waals surface area contributed by atoms with E-state index in [0.29, 0.717) is 11.3 Å². The quantitative estimate of drug-likeness (QED) is 0.769. The first-order valence-corrected chi connectivity index (χ1v) is 10.1. The van der Waals surface area contributed by atoms with Gasteiger partial charge in [-0.05, 0) is 19.1 Å². The van der Waals surface area contributed by atoms with Crippen molar-refractivity contribution in [2.24, 2.45) is 0 Å². The molecule has 0 unspecified atom stereocenters. The molecule has 0 aliphatic carbocycles. The van der Waals surface area contributed by atoms with E-state index in [1.165, 1.54) is 33.3 Å². The summed E-state index contributed by atoms with van der Waals surface area (Å²) in [7, 11) is -3.54. The van der Waals surface area contributed by atoms with Crippen LogP contribution in [0.5, 0.6) is 0 Å². The van der Waals surface area contributed by atoms with Gasteiger partial charge < -0.3 is 0 Å². The smallest absolute Gasteiger partial charge is 0.243 e. The number of hydrogen-bond donors (Lipinski definition) is 0. The molecule has 0 atom stereocenters. The van der Waals surface area contributed by atoms with Crippen LogP contribution < -0.4 is 4.31 Å². The maximum Gasteiger partial charge on any atom is 0.271 e. The maximum atomic E-state index is 12.5. The standard InChI is InChI=1S/C12H16N4O4S3/c1-9-5-7-10(8-6-9)22(17,18)16(4)11-13-14-12(21-11)23(19,20)15(2)3/h5-8H,1-4H3. The van der Waals surface area contributed by atoms with E-state index in [1.807, 2.05) is 6.92 Å². The molecule has 0 saturated carbocycles. The first-order chi connectivity index (χ1) is 10.6. The van der Waals surface area contributed by atoms with Crippen LogP contribution in [0.25, 0.3) is 0 Å². The summed E-state index contributed by atoms with van der Waals surface area (Å²) in [5.41, 5.74) is 0.932. The molecule has 0 aliphatic rings. The van der Waals surface area contributed by atoms with Crippen molar-refractivity contribution in [2.45, 2.75) is 16.2 Å². The topological polar surface area (TPSA) is 101 Å². The van der Waals surface area contributed by atoms with Crippen LogP contribution in [0.3, 0.4) is 0 Å². The van der Waals surface area contributed by atoms with Gasteiger partial charge in [0.15, 0.2) is 0 Å². The van der Waals surface area contributed by atoms with Gasteiger partial charge in [-0.2, -0.15) is 0 Å². The first-order valence-electron chi connectivity index (χ1n) is 6.38. The van der Waals surface area contributed by atoms with E-state index >= 15 is 0 Å². The minimum absolute atomic E-state index is 0.0222. The Hall–Kier alpha value is -1.56. The molecule has 0 aliphatic heterocycles. The molecule has 0 bridgehead atoms. The van der Waals surface area contributed by atoms with Crippen molar-refractivity contribution >= 4 is 36.5 Å². The molecule has 23 heavy (non-hydrogen) atoms. The number of anilines is 1. The Kier molecular flexibility index (Phi) is 4.76. The number of aryl methyl sites for hydroxylation is 1. The molecule has 0 saturated heterocycles. The van der Waals surface area contributed by atoms with Crippen molar-refractivity contribution < 1.29 is 16.8 Å². The van der Waals surface area contributed by atoms with Crippen LogP contribution >= 0.6 is 11.3 Å². The van der Waals surface area contributed by atoms with Gasteiger partial charge in [0.1, 0.15) is 0 Å². The van der Waals surface area contributed by atoms with Gasteiger partial charge in [0, 0.05) is 21.1 Å². The molecule has 0 spiro atoms. The second-order valence-corrected chi connectivity index (χ2v) is 10.2. The van der Waals surface area contributed by atoms with E-state index in [4.69, 9.17) is 0 Å². The van der Waals surface area contributed by atoms with Crippen molar-refractivity contribution in [3.05, 3.63) is 29.8 Å². The second kappa shape index (κ2) is 6.15. The Balaban J connectivity index is 2.40. The molecule has 126 valence electrons. The molecule has 1 aromatic carbocycles. The monoisotopic (exact) mass is 376 g/mol. The Morgan fingerprint density at radius 2 is 1.48 bits per heavy atom. The first kappa shape index (κ1) is 17.8. The Morgan fingerprint density at radius 3 is 2.00 bits per heavy atom. The molecule has 0 amide bonds.